The van der Waals surface area contributed by atoms with E-state index in [1.165, 1.54) is 0 Å². The van der Waals surface area contributed by atoms with E-state index in [0.29, 0.717) is 19.5 Å². The highest BCUT2D eigenvalue weighted by Crippen LogP contribution is 2.33. The van der Waals surface area contributed by atoms with Gasteiger partial charge < -0.3 is 10.0 Å². The summed E-state index contributed by atoms with van der Waals surface area (Å²) in [6.45, 7) is 2.37. The summed E-state index contributed by atoms with van der Waals surface area (Å²) in [4.78, 5) is 16.7. The van der Waals surface area contributed by atoms with Gasteiger partial charge in [-0.3, -0.25) is 9.69 Å². The molecule has 4 nitrogen and oxygen atoms in total. The molecule has 5 heteroatoms. The van der Waals surface area contributed by atoms with Crippen LogP contribution in [0.2, 0.25) is 0 Å². The molecular formula is C22H25FN2O2. The summed E-state index contributed by atoms with van der Waals surface area (Å²) in [5, 5.41) is 9.42. The topological polar surface area (TPSA) is 43.8 Å². The number of phenols is 1. The fourth-order valence-electron chi connectivity index (χ4n) is 4.33. The Labute approximate surface area is 159 Å². The number of alkyl halides is 1. The summed E-state index contributed by atoms with van der Waals surface area (Å²) < 4.78 is 14.9. The molecule has 4 rings (SSSR count). The van der Waals surface area contributed by atoms with Gasteiger partial charge in [-0.15, -0.1) is 0 Å². The van der Waals surface area contributed by atoms with Crippen LogP contribution in [0.4, 0.5) is 4.39 Å². The fourth-order valence-corrected chi connectivity index (χ4v) is 4.33. The lowest BCUT2D eigenvalue weighted by atomic mass is 9.87. The summed E-state index contributed by atoms with van der Waals surface area (Å²) in [5.41, 5.74) is 2.05. The number of rotatable bonds is 4. The molecule has 1 amide bonds. The number of aromatic hydroxyl groups is 1. The van der Waals surface area contributed by atoms with Crippen LogP contribution in [0.3, 0.4) is 0 Å². The predicted octanol–water partition coefficient (Wildman–Crippen LogP) is 3.32. The van der Waals surface area contributed by atoms with E-state index in [-0.39, 0.29) is 23.6 Å². The summed E-state index contributed by atoms with van der Waals surface area (Å²) in [6.07, 6.45) is 0.454. The van der Waals surface area contributed by atoms with Gasteiger partial charge in [0.2, 0.25) is 5.91 Å². The van der Waals surface area contributed by atoms with E-state index < -0.39 is 6.17 Å². The van der Waals surface area contributed by atoms with Crippen molar-refractivity contribution in [2.24, 2.45) is 0 Å². The number of amides is 1. The second kappa shape index (κ2) is 7.69. The third-order valence-corrected chi connectivity index (χ3v) is 5.82. The predicted molar refractivity (Wildman–Crippen MR) is 102 cm³/mol. The van der Waals surface area contributed by atoms with Crippen LogP contribution in [0.15, 0.2) is 54.6 Å². The van der Waals surface area contributed by atoms with Crippen molar-refractivity contribution in [2.75, 3.05) is 19.6 Å². The van der Waals surface area contributed by atoms with E-state index in [1.54, 1.807) is 24.3 Å². The van der Waals surface area contributed by atoms with Crippen molar-refractivity contribution in [3.05, 3.63) is 65.7 Å². The van der Waals surface area contributed by atoms with Crippen LogP contribution in [0.1, 0.15) is 29.9 Å². The molecule has 0 unspecified atom stereocenters. The average molecular weight is 368 g/mol. The number of carbonyl (C=O) groups excluding carboxylic acids is 1. The smallest absolute Gasteiger partial charge is 0.240 e. The summed E-state index contributed by atoms with van der Waals surface area (Å²) in [7, 11) is 0. The van der Waals surface area contributed by atoms with Crippen LogP contribution < -0.4 is 0 Å². The Balaban J connectivity index is 1.37. The minimum absolute atomic E-state index is 0.120. The zero-order valence-corrected chi connectivity index (χ0v) is 15.3. The number of benzene rings is 2. The van der Waals surface area contributed by atoms with E-state index >= 15 is 0 Å². The molecule has 2 heterocycles. The lowest BCUT2D eigenvalue weighted by Crippen LogP contribution is -2.49. The zero-order valence-electron chi connectivity index (χ0n) is 15.3. The number of likely N-dealkylation sites (tertiary alicyclic amines) is 2. The normalized spacial score (nSPS) is 26.5. The second-order valence-electron chi connectivity index (χ2n) is 7.55. The van der Waals surface area contributed by atoms with Crippen molar-refractivity contribution in [3.8, 4) is 5.75 Å². The first-order valence-corrected chi connectivity index (χ1v) is 9.61. The van der Waals surface area contributed by atoms with Crippen molar-refractivity contribution in [1.29, 1.82) is 0 Å². The molecule has 142 valence electrons. The Morgan fingerprint density at radius 2 is 1.74 bits per heavy atom. The Hall–Kier alpha value is -2.40. The highest BCUT2D eigenvalue weighted by Gasteiger charge is 2.40. The van der Waals surface area contributed by atoms with Crippen LogP contribution in [-0.4, -0.2) is 52.7 Å². The second-order valence-corrected chi connectivity index (χ2v) is 7.55. The van der Waals surface area contributed by atoms with Crippen LogP contribution >= 0.6 is 0 Å². The highest BCUT2D eigenvalue weighted by molar-refractivity contribution is 5.84. The van der Waals surface area contributed by atoms with Gasteiger partial charge in [-0.05, 0) is 42.6 Å². The van der Waals surface area contributed by atoms with Gasteiger partial charge in [0.05, 0.1) is 6.04 Å². The Morgan fingerprint density at radius 3 is 2.44 bits per heavy atom. The highest BCUT2D eigenvalue weighted by atomic mass is 19.1. The standard InChI is InChI=1S/C22H25FN2O2/c23-20-15-24(12-10-19(20)17-6-8-18(26)9-7-17)21-11-13-25(22(21)27)14-16-4-2-1-3-5-16/h1-9,19-21,26H,10-15H2/t19-,20+,21+/m0/s1. The summed E-state index contributed by atoms with van der Waals surface area (Å²) >= 11 is 0. The Kier molecular flexibility index (Phi) is 5.12. The number of halogens is 1. The van der Waals surface area contributed by atoms with Crippen LogP contribution in [0.5, 0.6) is 5.75 Å². The van der Waals surface area contributed by atoms with Crippen LogP contribution in [0, 0.1) is 0 Å². The summed E-state index contributed by atoms with van der Waals surface area (Å²) in [5.74, 6) is 0.148. The molecule has 3 atom stereocenters. The molecule has 0 radical (unpaired) electrons. The van der Waals surface area contributed by atoms with Crippen LogP contribution in [0.25, 0.3) is 0 Å². The van der Waals surface area contributed by atoms with Gasteiger partial charge in [0.1, 0.15) is 11.9 Å². The Bertz CT molecular complexity index is 781. The molecular weight excluding hydrogens is 343 g/mol. The number of hydrogen-bond donors (Lipinski definition) is 1. The number of piperidine rings is 1. The molecule has 0 bridgehead atoms. The molecule has 2 aliphatic heterocycles. The third-order valence-electron chi connectivity index (χ3n) is 5.82. The number of carbonyl (C=O) groups is 1. The van der Waals surface area contributed by atoms with E-state index in [9.17, 15) is 14.3 Å². The molecule has 0 saturated carbocycles. The summed E-state index contributed by atoms with van der Waals surface area (Å²) in [6, 6.07) is 16.6. The van der Waals surface area contributed by atoms with Gasteiger partial charge in [-0.25, -0.2) is 4.39 Å². The minimum atomic E-state index is -1.00. The number of nitrogens with zero attached hydrogens (tertiary/aromatic N) is 2. The van der Waals surface area contributed by atoms with E-state index in [0.717, 1.165) is 30.6 Å². The minimum Gasteiger partial charge on any atom is -0.508 e. The molecule has 2 aromatic rings. The number of hydrogen-bond acceptors (Lipinski definition) is 3. The molecule has 1 N–H and O–H groups in total. The monoisotopic (exact) mass is 368 g/mol. The van der Waals surface area contributed by atoms with Gasteiger partial charge in [-0.2, -0.15) is 0 Å². The molecule has 0 aliphatic carbocycles. The lowest BCUT2D eigenvalue weighted by Gasteiger charge is -2.37. The molecule has 0 aromatic heterocycles. The SMILES string of the molecule is O=C1[C@H](N2CC[C@@H](c3ccc(O)cc3)[C@H](F)C2)CCN1Cc1ccccc1. The molecule has 2 aliphatic rings. The van der Waals surface area contributed by atoms with E-state index in [2.05, 4.69) is 0 Å². The van der Waals surface area contributed by atoms with Crippen molar-refractivity contribution in [2.45, 2.75) is 37.5 Å². The number of phenolic OH excluding ortho intramolecular Hbond substituents is 1. The first kappa shape index (κ1) is 18.0. The van der Waals surface area contributed by atoms with Crippen molar-refractivity contribution < 1.29 is 14.3 Å². The zero-order chi connectivity index (χ0) is 18.8. The van der Waals surface area contributed by atoms with Gasteiger partial charge in [-0.1, -0.05) is 42.5 Å². The van der Waals surface area contributed by atoms with Gasteiger partial charge in [0, 0.05) is 25.6 Å². The lowest BCUT2D eigenvalue weighted by molar-refractivity contribution is -0.133. The van der Waals surface area contributed by atoms with Gasteiger partial charge in [0.15, 0.2) is 0 Å². The van der Waals surface area contributed by atoms with Gasteiger partial charge >= 0.3 is 0 Å². The van der Waals surface area contributed by atoms with Gasteiger partial charge in [0.25, 0.3) is 0 Å². The maximum atomic E-state index is 14.9. The first-order chi connectivity index (χ1) is 13.1. The average Bonchev–Trinajstić information content (AvgIpc) is 3.04. The molecule has 2 saturated heterocycles. The third kappa shape index (κ3) is 3.83. The van der Waals surface area contributed by atoms with E-state index in [1.807, 2.05) is 40.1 Å². The van der Waals surface area contributed by atoms with Crippen molar-refractivity contribution >= 4 is 5.91 Å². The Morgan fingerprint density at radius 1 is 1.00 bits per heavy atom. The largest absolute Gasteiger partial charge is 0.508 e. The molecule has 27 heavy (non-hydrogen) atoms. The maximum Gasteiger partial charge on any atom is 0.240 e. The molecule has 2 aromatic carbocycles. The fraction of sp³-hybridized carbons (Fsp3) is 0.409. The quantitative estimate of drug-likeness (QED) is 0.900. The maximum absolute atomic E-state index is 14.9. The molecule has 2 fully saturated rings. The molecule has 0 spiro atoms. The van der Waals surface area contributed by atoms with Crippen molar-refractivity contribution in [1.82, 2.24) is 9.80 Å². The first-order valence-electron chi connectivity index (χ1n) is 9.61. The van der Waals surface area contributed by atoms with Crippen molar-refractivity contribution in [3.63, 3.8) is 0 Å². The van der Waals surface area contributed by atoms with E-state index in [4.69, 9.17) is 0 Å². The van der Waals surface area contributed by atoms with Crippen LogP contribution in [-0.2, 0) is 11.3 Å².